The van der Waals surface area contributed by atoms with Crippen molar-refractivity contribution >= 4 is 5.91 Å². The van der Waals surface area contributed by atoms with Gasteiger partial charge in [0.2, 0.25) is 5.91 Å². The number of amides is 1. The summed E-state index contributed by atoms with van der Waals surface area (Å²) in [5, 5.41) is 10.8. The molecule has 7 atom stereocenters. The molecule has 1 amide bonds. The molecule has 4 aliphatic heterocycles. The van der Waals surface area contributed by atoms with Gasteiger partial charge in [-0.3, -0.25) is 25.2 Å². The van der Waals surface area contributed by atoms with Crippen molar-refractivity contribution in [2.24, 2.45) is 17.3 Å². The van der Waals surface area contributed by atoms with Crippen LogP contribution in [0, 0.1) is 17.3 Å². The zero-order chi connectivity index (χ0) is 24.7. The van der Waals surface area contributed by atoms with Crippen molar-refractivity contribution in [3.8, 4) is 0 Å². The van der Waals surface area contributed by atoms with Gasteiger partial charge in [0.25, 0.3) is 0 Å². The minimum Gasteiger partial charge on any atom is -0.380 e. The number of nitrogens with one attached hydrogen (secondary N) is 5. The lowest BCUT2D eigenvalue weighted by Crippen LogP contribution is -2.65. The summed E-state index contributed by atoms with van der Waals surface area (Å²) in [5.41, 5.74) is 6.88. The monoisotopic (exact) mass is 507 g/mol. The van der Waals surface area contributed by atoms with Crippen molar-refractivity contribution in [2.45, 2.75) is 94.4 Å². The first kappa shape index (κ1) is 25.4. The van der Waals surface area contributed by atoms with E-state index in [4.69, 9.17) is 4.74 Å². The Morgan fingerprint density at radius 2 is 2.00 bits per heavy atom. The largest absolute Gasteiger partial charge is 0.380 e. The second-order valence-corrected chi connectivity index (χ2v) is 12.7. The van der Waals surface area contributed by atoms with Gasteiger partial charge in [-0.05, 0) is 70.3 Å². The van der Waals surface area contributed by atoms with E-state index < -0.39 is 6.17 Å². The highest BCUT2D eigenvalue weighted by atomic mass is 19.1. The van der Waals surface area contributed by atoms with Crippen molar-refractivity contribution in [3.05, 3.63) is 0 Å². The van der Waals surface area contributed by atoms with E-state index >= 15 is 0 Å². The van der Waals surface area contributed by atoms with E-state index in [0.717, 1.165) is 65.1 Å². The molecule has 0 aromatic carbocycles. The van der Waals surface area contributed by atoms with Gasteiger partial charge in [0, 0.05) is 37.1 Å². The van der Waals surface area contributed by atoms with Gasteiger partial charge in [-0.1, -0.05) is 6.42 Å². The highest BCUT2D eigenvalue weighted by molar-refractivity contribution is 5.82. The average Bonchev–Trinajstić information content (AvgIpc) is 3.51. The molecule has 9 nitrogen and oxygen atoms in total. The summed E-state index contributed by atoms with van der Waals surface area (Å²) in [4.78, 5) is 18.1. The fourth-order valence-electron chi connectivity index (χ4n) is 7.38. The topological polar surface area (TPSA) is 92.9 Å². The lowest BCUT2D eigenvalue weighted by atomic mass is 9.64. The maximum absolute atomic E-state index is 13.7. The second-order valence-electron chi connectivity index (χ2n) is 12.7. The van der Waals surface area contributed by atoms with E-state index in [1.807, 2.05) is 0 Å². The molecule has 10 heteroatoms. The number of likely N-dealkylation sites (tertiary alicyclic amines) is 1. The fraction of sp³-hybridized carbons (Fsp3) is 0.962. The first-order valence-electron chi connectivity index (χ1n) is 14.4. The zero-order valence-corrected chi connectivity index (χ0v) is 21.8. The predicted octanol–water partition coefficient (Wildman–Crippen LogP) is 0.491. The Balaban J connectivity index is 1.05. The first-order valence-corrected chi connectivity index (χ1v) is 14.4. The van der Waals surface area contributed by atoms with Crippen LogP contribution in [0.3, 0.4) is 0 Å². The van der Waals surface area contributed by atoms with Crippen LogP contribution in [0.15, 0.2) is 0 Å². The van der Waals surface area contributed by atoms with Crippen molar-refractivity contribution < 1.29 is 13.9 Å². The Labute approximate surface area is 215 Å². The molecule has 6 fully saturated rings. The van der Waals surface area contributed by atoms with Gasteiger partial charge < -0.3 is 10.1 Å². The van der Waals surface area contributed by atoms with Gasteiger partial charge in [-0.15, -0.1) is 0 Å². The SMILES string of the molecule is CN1CNNC1CC1(C2CCCC(NC(=O)C3CC(CN4CC[C@H](F)C4)NC(C4CC4)N3)C2)COC1. The number of hydrazine groups is 1. The van der Waals surface area contributed by atoms with Crippen LogP contribution in [0.2, 0.25) is 0 Å². The van der Waals surface area contributed by atoms with Crippen molar-refractivity contribution in [2.75, 3.05) is 46.6 Å². The molecule has 6 rings (SSSR count). The number of halogens is 1. The molecule has 4 heterocycles. The van der Waals surface area contributed by atoms with Crippen LogP contribution in [0.1, 0.15) is 57.8 Å². The highest BCUT2D eigenvalue weighted by Crippen LogP contribution is 2.47. The van der Waals surface area contributed by atoms with Crippen LogP contribution in [-0.2, 0) is 9.53 Å². The van der Waals surface area contributed by atoms with Crippen molar-refractivity contribution in [3.63, 3.8) is 0 Å². The summed E-state index contributed by atoms with van der Waals surface area (Å²) in [5.74, 6) is 1.35. The van der Waals surface area contributed by atoms with Crippen LogP contribution >= 0.6 is 0 Å². The van der Waals surface area contributed by atoms with Crippen LogP contribution in [-0.4, -0.2) is 98.9 Å². The molecule has 2 aliphatic carbocycles. The van der Waals surface area contributed by atoms with Gasteiger partial charge in [0.1, 0.15) is 6.17 Å². The van der Waals surface area contributed by atoms with Gasteiger partial charge in [0.15, 0.2) is 0 Å². The maximum atomic E-state index is 13.7. The summed E-state index contributed by atoms with van der Waals surface area (Å²) < 4.78 is 19.5. The molecular formula is C26H46FN7O2. The predicted molar refractivity (Wildman–Crippen MR) is 135 cm³/mol. The van der Waals surface area contributed by atoms with E-state index in [0.29, 0.717) is 31.0 Å². The maximum Gasteiger partial charge on any atom is 0.237 e. The van der Waals surface area contributed by atoms with Crippen LogP contribution < -0.4 is 26.8 Å². The normalized spacial score (nSPS) is 41.8. The number of ether oxygens (including phenoxy) is 1. The number of carbonyl (C=O) groups excluding carboxylic acids is 1. The number of hydrogen-bond acceptors (Lipinski definition) is 8. The quantitative estimate of drug-likeness (QED) is 0.324. The van der Waals surface area contributed by atoms with Gasteiger partial charge in [-0.2, -0.15) is 0 Å². The molecule has 204 valence electrons. The minimum atomic E-state index is -0.699. The van der Waals surface area contributed by atoms with E-state index in [9.17, 15) is 9.18 Å². The second kappa shape index (κ2) is 10.7. The van der Waals surface area contributed by atoms with E-state index in [1.165, 1.54) is 19.3 Å². The lowest BCUT2D eigenvalue weighted by Gasteiger charge is -2.51. The van der Waals surface area contributed by atoms with E-state index in [2.05, 4.69) is 43.6 Å². The number of nitrogens with zero attached hydrogens (tertiary/aromatic N) is 2. The Hall–Kier alpha value is -0.880. The highest BCUT2D eigenvalue weighted by Gasteiger charge is 2.49. The number of rotatable bonds is 8. The standard InChI is InChI=1S/C26H46FN7O2/c1-33-16-28-32-23(33)11-26(14-36-15-26)18-3-2-4-20(9-18)30-25(35)22-10-21(13-34-8-7-19(27)12-34)29-24(31-22)17-5-6-17/h17-24,28-29,31-32H,2-16H2,1H3,(H,30,35)/t18?,19-,20?,21?,22?,23?,24?/m0/s1. The first-order chi connectivity index (χ1) is 17.5. The van der Waals surface area contributed by atoms with Gasteiger partial charge in [-0.25, -0.2) is 15.2 Å². The van der Waals surface area contributed by atoms with E-state index in [-0.39, 0.29) is 35.6 Å². The Bertz CT molecular complexity index is 781. The molecular weight excluding hydrogens is 461 g/mol. The van der Waals surface area contributed by atoms with Crippen LogP contribution in [0.4, 0.5) is 4.39 Å². The number of carbonyl (C=O) groups is 1. The van der Waals surface area contributed by atoms with Crippen molar-refractivity contribution in [1.29, 1.82) is 0 Å². The smallest absolute Gasteiger partial charge is 0.237 e. The average molecular weight is 508 g/mol. The minimum absolute atomic E-state index is 0.155. The molecule has 6 aliphatic rings. The summed E-state index contributed by atoms with van der Waals surface area (Å²) in [6.45, 7) is 4.73. The third kappa shape index (κ3) is 5.60. The Kier molecular flexibility index (Phi) is 7.56. The molecule has 0 aromatic rings. The van der Waals surface area contributed by atoms with Crippen molar-refractivity contribution in [1.82, 2.24) is 36.6 Å². The molecule has 36 heavy (non-hydrogen) atoms. The molecule has 0 radical (unpaired) electrons. The molecule has 6 unspecified atom stereocenters. The molecule has 2 saturated carbocycles. The molecule has 4 saturated heterocycles. The molecule has 0 spiro atoms. The Morgan fingerprint density at radius 1 is 1.14 bits per heavy atom. The van der Waals surface area contributed by atoms with Crippen LogP contribution in [0.25, 0.3) is 0 Å². The summed E-state index contributed by atoms with van der Waals surface area (Å²) in [6, 6.07) is 0.299. The zero-order valence-electron chi connectivity index (χ0n) is 21.8. The molecule has 5 N–H and O–H groups in total. The van der Waals surface area contributed by atoms with Gasteiger partial charge in [0.05, 0.1) is 38.3 Å². The van der Waals surface area contributed by atoms with E-state index in [1.54, 1.807) is 0 Å². The third-order valence-corrected chi connectivity index (χ3v) is 9.81. The summed E-state index contributed by atoms with van der Waals surface area (Å²) >= 11 is 0. The summed E-state index contributed by atoms with van der Waals surface area (Å²) in [6.07, 6.45) is 9.26. The fourth-order valence-corrected chi connectivity index (χ4v) is 7.38. The number of alkyl halides is 1. The molecule has 0 bridgehead atoms. The Morgan fingerprint density at radius 3 is 2.67 bits per heavy atom. The molecule has 0 aromatic heterocycles. The third-order valence-electron chi connectivity index (χ3n) is 9.81. The van der Waals surface area contributed by atoms with Gasteiger partial charge >= 0.3 is 0 Å². The lowest BCUT2D eigenvalue weighted by molar-refractivity contribution is -0.166. The summed E-state index contributed by atoms with van der Waals surface area (Å²) in [7, 11) is 2.16. The number of hydrogen-bond donors (Lipinski definition) is 5. The van der Waals surface area contributed by atoms with Crippen LogP contribution in [0.5, 0.6) is 0 Å².